The first-order chi connectivity index (χ1) is 8.10. The van der Waals surface area contributed by atoms with Crippen LogP contribution in [0.1, 0.15) is 13.3 Å². The van der Waals surface area contributed by atoms with E-state index in [-0.39, 0.29) is 17.6 Å². The van der Waals surface area contributed by atoms with Crippen LogP contribution in [-0.4, -0.2) is 36.0 Å². The Morgan fingerprint density at radius 1 is 1.59 bits per heavy atom. The van der Waals surface area contributed by atoms with Gasteiger partial charge in [-0.15, -0.1) is 0 Å². The van der Waals surface area contributed by atoms with E-state index in [2.05, 4.69) is 15.3 Å². The minimum Gasteiger partial charge on any atom is -0.393 e. The van der Waals surface area contributed by atoms with Crippen molar-refractivity contribution in [1.82, 2.24) is 15.3 Å². The van der Waals surface area contributed by atoms with Crippen molar-refractivity contribution in [1.29, 1.82) is 0 Å². The van der Waals surface area contributed by atoms with Gasteiger partial charge < -0.3 is 16.0 Å². The lowest BCUT2D eigenvalue weighted by molar-refractivity contribution is -0.119. The van der Waals surface area contributed by atoms with Gasteiger partial charge in [0.2, 0.25) is 5.91 Å². The summed E-state index contributed by atoms with van der Waals surface area (Å²) in [5.74, 6) is 0.392. The van der Waals surface area contributed by atoms with Gasteiger partial charge >= 0.3 is 0 Å². The molecule has 1 heterocycles. The van der Waals surface area contributed by atoms with Crippen LogP contribution >= 0.6 is 11.6 Å². The average Bonchev–Trinajstić information content (AvgIpc) is 2.32. The zero-order chi connectivity index (χ0) is 12.8. The lowest BCUT2D eigenvalue weighted by Gasteiger charge is -2.23. The Kier molecular flexibility index (Phi) is 4.96. The summed E-state index contributed by atoms with van der Waals surface area (Å²) in [6.45, 7) is 2.88. The number of rotatable bonds is 5. The van der Waals surface area contributed by atoms with Crippen LogP contribution < -0.4 is 16.0 Å². The van der Waals surface area contributed by atoms with Gasteiger partial charge in [0, 0.05) is 13.6 Å². The Balaban J connectivity index is 2.96. The van der Waals surface area contributed by atoms with E-state index in [1.165, 1.54) is 6.33 Å². The standard InChI is InChI=1S/C10H16ClN5O/c1-3-4-16(5-7(17)13-2)10-8(12)9(11)14-6-15-10/h6H,3-5,12H2,1-2H3,(H,13,17). The first-order valence-electron chi connectivity index (χ1n) is 5.31. The van der Waals surface area contributed by atoms with Crippen molar-refractivity contribution in [2.24, 2.45) is 0 Å². The van der Waals surface area contributed by atoms with E-state index in [9.17, 15) is 4.79 Å². The maximum Gasteiger partial charge on any atom is 0.239 e. The number of hydrogen-bond donors (Lipinski definition) is 2. The minimum atomic E-state index is -0.104. The van der Waals surface area contributed by atoms with Crippen LogP contribution in [0.4, 0.5) is 11.5 Å². The number of nitrogens with zero attached hydrogens (tertiary/aromatic N) is 3. The van der Waals surface area contributed by atoms with E-state index in [4.69, 9.17) is 17.3 Å². The molecule has 0 aliphatic carbocycles. The van der Waals surface area contributed by atoms with Crippen LogP contribution in [0, 0.1) is 0 Å². The molecule has 0 saturated heterocycles. The monoisotopic (exact) mass is 257 g/mol. The number of aromatic nitrogens is 2. The molecule has 0 atom stereocenters. The van der Waals surface area contributed by atoms with Crippen LogP contribution in [0.2, 0.25) is 5.15 Å². The van der Waals surface area contributed by atoms with Gasteiger partial charge in [0.05, 0.1) is 6.54 Å². The molecule has 94 valence electrons. The predicted octanol–water partition coefficient (Wildman–Crippen LogP) is 0.675. The van der Waals surface area contributed by atoms with Crippen LogP contribution in [0.25, 0.3) is 0 Å². The normalized spacial score (nSPS) is 10.1. The number of hydrogen-bond acceptors (Lipinski definition) is 5. The number of carbonyl (C=O) groups is 1. The summed E-state index contributed by atoms with van der Waals surface area (Å²) in [5.41, 5.74) is 6.10. The molecule has 1 aromatic rings. The molecule has 0 aromatic carbocycles. The van der Waals surface area contributed by atoms with Crippen molar-refractivity contribution in [3.05, 3.63) is 11.5 Å². The summed E-state index contributed by atoms with van der Waals surface area (Å²) in [7, 11) is 1.59. The minimum absolute atomic E-state index is 0.104. The third kappa shape index (κ3) is 3.45. The van der Waals surface area contributed by atoms with Crippen LogP contribution in [-0.2, 0) is 4.79 Å². The number of nitrogens with one attached hydrogen (secondary N) is 1. The number of nitrogens with two attached hydrogens (primary N) is 1. The molecule has 0 saturated carbocycles. The maximum atomic E-state index is 11.4. The number of halogens is 1. The highest BCUT2D eigenvalue weighted by Crippen LogP contribution is 2.25. The van der Waals surface area contributed by atoms with Crippen molar-refractivity contribution in [2.45, 2.75) is 13.3 Å². The summed E-state index contributed by atoms with van der Waals surface area (Å²) in [6.07, 6.45) is 2.21. The van der Waals surface area contributed by atoms with E-state index in [1.54, 1.807) is 11.9 Å². The van der Waals surface area contributed by atoms with Crippen molar-refractivity contribution in [3.63, 3.8) is 0 Å². The van der Waals surface area contributed by atoms with Gasteiger partial charge in [-0.3, -0.25) is 4.79 Å². The van der Waals surface area contributed by atoms with Crippen molar-refractivity contribution < 1.29 is 4.79 Å². The van der Waals surface area contributed by atoms with Gasteiger partial charge in [-0.1, -0.05) is 18.5 Å². The highest BCUT2D eigenvalue weighted by atomic mass is 35.5. The van der Waals surface area contributed by atoms with Crippen LogP contribution in [0.15, 0.2) is 6.33 Å². The zero-order valence-electron chi connectivity index (χ0n) is 9.90. The Labute approximate surface area is 105 Å². The average molecular weight is 258 g/mol. The van der Waals surface area contributed by atoms with Crippen molar-refractivity contribution in [2.75, 3.05) is 30.8 Å². The number of nitrogen functional groups attached to an aromatic ring is 1. The van der Waals surface area contributed by atoms with E-state index in [1.807, 2.05) is 6.92 Å². The summed E-state index contributed by atoms with van der Waals surface area (Å²) in [5, 5.41) is 2.76. The second-order valence-corrected chi connectivity index (χ2v) is 3.85. The van der Waals surface area contributed by atoms with Crippen molar-refractivity contribution in [3.8, 4) is 0 Å². The maximum absolute atomic E-state index is 11.4. The highest BCUT2D eigenvalue weighted by Gasteiger charge is 2.15. The zero-order valence-corrected chi connectivity index (χ0v) is 10.7. The number of carbonyl (C=O) groups excluding carboxylic acids is 1. The van der Waals surface area contributed by atoms with Gasteiger partial charge in [-0.2, -0.15) is 0 Å². The fourth-order valence-electron chi connectivity index (χ4n) is 1.40. The molecule has 7 heteroatoms. The molecule has 1 aromatic heterocycles. The Bertz CT molecular complexity index is 398. The smallest absolute Gasteiger partial charge is 0.239 e. The largest absolute Gasteiger partial charge is 0.393 e. The van der Waals surface area contributed by atoms with E-state index < -0.39 is 0 Å². The first-order valence-corrected chi connectivity index (χ1v) is 5.69. The van der Waals surface area contributed by atoms with E-state index in [0.717, 1.165) is 6.42 Å². The second kappa shape index (κ2) is 6.24. The Hall–Kier alpha value is -1.56. The summed E-state index contributed by atoms with van der Waals surface area (Å²) < 4.78 is 0. The first kappa shape index (κ1) is 13.5. The van der Waals surface area contributed by atoms with Gasteiger partial charge in [-0.05, 0) is 6.42 Å². The summed E-state index contributed by atoms with van der Waals surface area (Å²) in [6, 6.07) is 0. The van der Waals surface area contributed by atoms with E-state index >= 15 is 0 Å². The lowest BCUT2D eigenvalue weighted by atomic mass is 10.3. The SMILES string of the molecule is CCCN(CC(=O)NC)c1ncnc(Cl)c1N. The fraction of sp³-hybridized carbons (Fsp3) is 0.500. The third-order valence-corrected chi connectivity index (χ3v) is 2.52. The van der Waals surface area contributed by atoms with Crippen molar-refractivity contribution >= 4 is 29.0 Å². The topological polar surface area (TPSA) is 84.1 Å². The van der Waals surface area contributed by atoms with Crippen LogP contribution in [0.3, 0.4) is 0 Å². The molecule has 0 aliphatic rings. The van der Waals surface area contributed by atoms with Gasteiger partial charge in [-0.25, -0.2) is 9.97 Å². The molecule has 0 fully saturated rings. The number of likely N-dealkylation sites (N-methyl/N-ethyl adjacent to an activating group) is 1. The summed E-state index contributed by atoms with van der Waals surface area (Å²) >= 11 is 5.83. The molecule has 0 radical (unpaired) electrons. The van der Waals surface area contributed by atoms with Crippen LogP contribution in [0.5, 0.6) is 0 Å². The molecule has 17 heavy (non-hydrogen) atoms. The third-order valence-electron chi connectivity index (χ3n) is 2.22. The molecule has 1 rings (SSSR count). The quantitative estimate of drug-likeness (QED) is 0.758. The molecule has 0 aliphatic heterocycles. The van der Waals surface area contributed by atoms with Gasteiger partial charge in [0.15, 0.2) is 11.0 Å². The molecule has 0 bridgehead atoms. The van der Waals surface area contributed by atoms with E-state index in [0.29, 0.717) is 18.1 Å². The molecular formula is C10H16ClN5O. The second-order valence-electron chi connectivity index (χ2n) is 3.50. The summed E-state index contributed by atoms with van der Waals surface area (Å²) in [4.78, 5) is 21.0. The Morgan fingerprint density at radius 3 is 2.88 bits per heavy atom. The Morgan fingerprint density at radius 2 is 2.29 bits per heavy atom. The van der Waals surface area contributed by atoms with Gasteiger partial charge in [0.1, 0.15) is 12.0 Å². The lowest BCUT2D eigenvalue weighted by Crippen LogP contribution is -2.37. The predicted molar refractivity (Wildman–Crippen MR) is 68.0 cm³/mol. The van der Waals surface area contributed by atoms with Gasteiger partial charge in [0.25, 0.3) is 0 Å². The molecule has 1 amide bonds. The number of amides is 1. The molecule has 0 spiro atoms. The fourth-order valence-corrected chi connectivity index (χ4v) is 1.53. The molecule has 0 unspecified atom stereocenters. The molecular weight excluding hydrogens is 242 g/mol. The molecule has 6 nitrogen and oxygen atoms in total. The number of anilines is 2. The highest BCUT2D eigenvalue weighted by molar-refractivity contribution is 6.32. The molecule has 3 N–H and O–H groups in total.